The van der Waals surface area contributed by atoms with E-state index in [2.05, 4.69) is 52.8 Å². The van der Waals surface area contributed by atoms with Gasteiger partial charge in [0.2, 0.25) is 0 Å². The normalized spacial score (nSPS) is 10.7. The Morgan fingerprint density at radius 3 is 2.56 bits per heavy atom. The van der Waals surface area contributed by atoms with E-state index >= 15 is 0 Å². The molecule has 18 heavy (non-hydrogen) atoms. The lowest BCUT2D eigenvalue weighted by Crippen LogP contribution is -1.88. The van der Waals surface area contributed by atoms with Gasteiger partial charge in [0, 0.05) is 10.9 Å². The van der Waals surface area contributed by atoms with Crippen molar-refractivity contribution in [1.82, 2.24) is 10.2 Å². The van der Waals surface area contributed by atoms with Crippen LogP contribution in [0.4, 0.5) is 5.82 Å². The fraction of sp³-hybridized carbons (Fsp3) is 0.0714. The van der Waals surface area contributed by atoms with E-state index < -0.39 is 0 Å². The van der Waals surface area contributed by atoms with Crippen molar-refractivity contribution in [3.05, 3.63) is 46.7 Å². The lowest BCUT2D eigenvalue weighted by molar-refractivity contribution is 1.10. The molecule has 0 spiro atoms. The number of aromatic amines is 1. The molecular formula is C14H13N3S. The highest BCUT2D eigenvalue weighted by Gasteiger charge is 2.14. The molecule has 3 aromatic rings. The summed E-state index contributed by atoms with van der Waals surface area (Å²) in [5, 5.41) is 11.3. The summed E-state index contributed by atoms with van der Waals surface area (Å²) in [6, 6.07) is 10.4. The SMILES string of the molecule is Cc1ccc(-c2c(N)n[nH]c2-c2ccsc2)cc1. The van der Waals surface area contributed by atoms with Gasteiger partial charge >= 0.3 is 0 Å². The fourth-order valence-corrected chi connectivity index (χ4v) is 2.63. The summed E-state index contributed by atoms with van der Waals surface area (Å²) in [4.78, 5) is 0. The van der Waals surface area contributed by atoms with Gasteiger partial charge in [0.15, 0.2) is 5.82 Å². The Morgan fingerprint density at radius 1 is 1.11 bits per heavy atom. The number of nitrogen functional groups attached to an aromatic ring is 1. The molecule has 0 amide bonds. The number of benzene rings is 1. The number of rotatable bonds is 2. The molecular weight excluding hydrogens is 242 g/mol. The number of hydrogen-bond donors (Lipinski definition) is 2. The van der Waals surface area contributed by atoms with Gasteiger partial charge in [-0.15, -0.1) is 0 Å². The number of H-pyrrole nitrogens is 1. The number of anilines is 1. The van der Waals surface area contributed by atoms with Crippen molar-refractivity contribution in [2.45, 2.75) is 6.92 Å². The molecule has 0 aliphatic rings. The molecule has 4 heteroatoms. The molecule has 0 aliphatic heterocycles. The molecule has 3 N–H and O–H groups in total. The quantitative estimate of drug-likeness (QED) is 0.733. The zero-order valence-electron chi connectivity index (χ0n) is 9.97. The zero-order valence-corrected chi connectivity index (χ0v) is 10.8. The van der Waals surface area contributed by atoms with Crippen molar-refractivity contribution in [3.8, 4) is 22.4 Å². The van der Waals surface area contributed by atoms with Crippen LogP contribution in [0.25, 0.3) is 22.4 Å². The molecule has 0 bridgehead atoms. The molecule has 1 aromatic carbocycles. The van der Waals surface area contributed by atoms with Crippen LogP contribution in [0.3, 0.4) is 0 Å². The van der Waals surface area contributed by atoms with E-state index in [1.165, 1.54) is 5.56 Å². The number of nitrogens with zero attached hydrogens (tertiary/aromatic N) is 1. The number of hydrogen-bond acceptors (Lipinski definition) is 3. The summed E-state index contributed by atoms with van der Waals surface area (Å²) in [6.07, 6.45) is 0. The molecule has 2 heterocycles. The Morgan fingerprint density at radius 2 is 1.89 bits per heavy atom. The van der Waals surface area contributed by atoms with Crippen LogP contribution in [0.5, 0.6) is 0 Å². The molecule has 0 unspecified atom stereocenters. The molecule has 3 rings (SSSR count). The fourth-order valence-electron chi connectivity index (χ4n) is 1.98. The highest BCUT2D eigenvalue weighted by molar-refractivity contribution is 7.08. The minimum atomic E-state index is 0.542. The third kappa shape index (κ3) is 1.80. The second-order valence-electron chi connectivity index (χ2n) is 4.24. The molecule has 0 fully saturated rings. The van der Waals surface area contributed by atoms with E-state index in [0.717, 1.165) is 22.4 Å². The molecule has 0 aliphatic carbocycles. The minimum Gasteiger partial charge on any atom is -0.382 e. The number of nitrogens with two attached hydrogens (primary N) is 1. The van der Waals surface area contributed by atoms with Crippen LogP contribution in [-0.4, -0.2) is 10.2 Å². The van der Waals surface area contributed by atoms with E-state index in [4.69, 9.17) is 5.73 Å². The Kier molecular flexibility index (Phi) is 2.64. The van der Waals surface area contributed by atoms with Gasteiger partial charge in [-0.25, -0.2) is 0 Å². The first-order valence-electron chi connectivity index (χ1n) is 5.69. The van der Waals surface area contributed by atoms with Crippen molar-refractivity contribution < 1.29 is 0 Å². The van der Waals surface area contributed by atoms with Crippen LogP contribution in [0.15, 0.2) is 41.1 Å². The third-order valence-electron chi connectivity index (χ3n) is 2.94. The van der Waals surface area contributed by atoms with Crippen LogP contribution in [0, 0.1) is 6.92 Å². The van der Waals surface area contributed by atoms with Gasteiger partial charge in [-0.3, -0.25) is 5.10 Å². The monoisotopic (exact) mass is 255 g/mol. The third-order valence-corrected chi connectivity index (χ3v) is 3.63. The summed E-state index contributed by atoms with van der Waals surface area (Å²) >= 11 is 1.66. The highest BCUT2D eigenvalue weighted by atomic mass is 32.1. The second-order valence-corrected chi connectivity index (χ2v) is 5.02. The summed E-state index contributed by atoms with van der Waals surface area (Å²) < 4.78 is 0. The first-order valence-corrected chi connectivity index (χ1v) is 6.63. The van der Waals surface area contributed by atoms with Crippen molar-refractivity contribution in [2.24, 2.45) is 0 Å². The van der Waals surface area contributed by atoms with Crippen LogP contribution in [0.2, 0.25) is 0 Å². The van der Waals surface area contributed by atoms with Gasteiger partial charge in [0.25, 0.3) is 0 Å². The number of thiophene rings is 1. The maximum absolute atomic E-state index is 5.98. The number of nitrogens with one attached hydrogen (secondary N) is 1. The molecule has 0 atom stereocenters. The Labute approximate surface area is 109 Å². The van der Waals surface area contributed by atoms with Crippen molar-refractivity contribution in [2.75, 3.05) is 5.73 Å². The van der Waals surface area contributed by atoms with Crippen LogP contribution >= 0.6 is 11.3 Å². The van der Waals surface area contributed by atoms with E-state index in [1.54, 1.807) is 11.3 Å². The van der Waals surface area contributed by atoms with Gasteiger partial charge in [-0.05, 0) is 23.9 Å². The average Bonchev–Trinajstić information content (AvgIpc) is 2.99. The molecule has 2 aromatic heterocycles. The maximum Gasteiger partial charge on any atom is 0.153 e. The van der Waals surface area contributed by atoms with Crippen molar-refractivity contribution >= 4 is 17.2 Å². The highest BCUT2D eigenvalue weighted by Crippen LogP contribution is 2.35. The van der Waals surface area contributed by atoms with Gasteiger partial charge in [0.05, 0.1) is 11.3 Å². The number of aromatic nitrogens is 2. The predicted octanol–water partition coefficient (Wildman–Crippen LogP) is 3.70. The average molecular weight is 255 g/mol. The van der Waals surface area contributed by atoms with E-state index in [9.17, 15) is 0 Å². The lowest BCUT2D eigenvalue weighted by atomic mass is 10.0. The largest absolute Gasteiger partial charge is 0.382 e. The lowest BCUT2D eigenvalue weighted by Gasteiger charge is -2.03. The van der Waals surface area contributed by atoms with Crippen LogP contribution < -0.4 is 5.73 Å². The topological polar surface area (TPSA) is 54.7 Å². The van der Waals surface area contributed by atoms with Crippen LogP contribution in [-0.2, 0) is 0 Å². The van der Waals surface area contributed by atoms with Crippen LogP contribution in [0.1, 0.15) is 5.56 Å². The second kappa shape index (κ2) is 4.31. The summed E-state index contributed by atoms with van der Waals surface area (Å²) in [5.41, 5.74) is 11.4. The molecule has 90 valence electrons. The Hall–Kier alpha value is -2.07. The summed E-state index contributed by atoms with van der Waals surface area (Å²) in [7, 11) is 0. The Bertz CT molecular complexity index is 651. The first-order chi connectivity index (χ1) is 8.75. The van der Waals surface area contributed by atoms with E-state index in [0.29, 0.717) is 5.82 Å². The van der Waals surface area contributed by atoms with Gasteiger partial charge in [0.1, 0.15) is 0 Å². The predicted molar refractivity (Wildman–Crippen MR) is 76.5 cm³/mol. The molecule has 3 nitrogen and oxygen atoms in total. The van der Waals surface area contributed by atoms with Gasteiger partial charge < -0.3 is 5.73 Å². The first kappa shape index (κ1) is 11.0. The maximum atomic E-state index is 5.98. The van der Waals surface area contributed by atoms with Gasteiger partial charge in [-0.1, -0.05) is 29.8 Å². The van der Waals surface area contributed by atoms with E-state index in [1.807, 2.05) is 5.38 Å². The van der Waals surface area contributed by atoms with Crippen molar-refractivity contribution in [3.63, 3.8) is 0 Å². The standard InChI is InChI=1S/C14H13N3S/c1-9-2-4-10(5-3-9)12-13(16-17-14(12)15)11-6-7-18-8-11/h2-8H,1H3,(H3,15,16,17). The van der Waals surface area contributed by atoms with Gasteiger partial charge in [-0.2, -0.15) is 16.4 Å². The smallest absolute Gasteiger partial charge is 0.153 e. The van der Waals surface area contributed by atoms with E-state index in [-0.39, 0.29) is 0 Å². The zero-order chi connectivity index (χ0) is 12.5. The minimum absolute atomic E-state index is 0.542. The molecule has 0 radical (unpaired) electrons. The van der Waals surface area contributed by atoms with Crippen molar-refractivity contribution in [1.29, 1.82) is 0 Å². The molecule has 0 saturated carbocycles. The molecule has 0 saturated heterocycles. The Balaban J connectivity index is 2.17. The summed E-state index contributed by atoms with van der Waals surface area (Å²) in [6.45, 7) is 2.07. The summed E-state index contributed by atoms with van der Waals surface area (Å²) in [5.74, 6) is 0.542. The number of aryl methyl sites for hydroxylation is 1.